The van der Waals surface area contributed by atoms with E-state index in [0.29, 0.717) is 43.8 Å². The highest BCUT2D eigenvalue weighted by Gasteiger charge is 2.32. The zero-order valence-corrected chi connectivity index (χ0v) is 28.2. The Morgan fingerprint density at radius 1 is 0.980 bits per heavy atom. The Balaban J connectivity index is 0.974. The summed E-state index contributed by atoms with van der Waals surface area (Å²) in [6.07, 6.45) is 7.76. The summed E-state index contributed by atoms with van der Waals surface area (Å²) in [5.74, 6) is 1.60. The van der Waals surface area contributed by atoms with Crippen LogP contribution in [0.2, 0.25) is 0 Å². The normalized spacial score (nSPS) is 22.0. The van der Waals surface area contributed by atoms with Crippen LogP contribution in [0.5, 0.6) is 17.4 Å². The topological polar surface area (TPSA) is 119 Å². The van der Waals surface area contributed by atoms with Gasteiger partial charge in [-0.15, -0.1) is 0 Å². The summed E-state index contributed by atoms with van der Waals surface area (Å²) in [7, 11) is 0. The van der Waals surface area contributed by atoms with E-state index in [-0.39, 0.29) is 47.6 Å². The minimum Gasteiger partial charge on any atom is -0.508 e. The first-order valence-corrected chi connectivity index (χ1v) is 18.0. The molecule has 1 unspecified atom stereocenters. The number of hydrogen-bond acceptors (Lipinski definition) is 9. The van der Waals surface area contributed by atoms with Gasteiger partial charge in [-0.3, -0.25) is 19.5 Å². The first kappa shape index (κ1) is 33.7. The van der Waals surface area contributed by atoms with Crippen molar-refractivity contribution in [1.29, 1.82) is 0 Å². The Kier molecular flexibility index (Phi) is 10.1. The number of carbonyl (C=O) groups excluding carboxylic acids is 2. The molecular formula is C37H38F2N6O4S. The van der Waals surface area contributed by atoms with E-state index in [1.54, 1.807) is 29.2 Å². The largest absolute Gasteiger partial charge is 0.508 e. The third-order valence-electron chi connectivity index (χ3n) is 9.34. The van der Waals surface area contributed by atoms with Gasteiger partial charge in [0, 0.05) is 49.4 Å². The number of allylic oxidation sites excluding steroid dienone is 2. The standard InChI is InChI=1S/C37H38F2N6O4S/c38-25-4-11-34-43-33(22-45(34)21-25)36(48)42-28-7-5-27(6-8-28)41-35(47)32-18-26(39)19-40-37(32)49-30-3-1-2-23(17-30)31-10-9-29(46)16-24(31)20-44-12-14-50-15-13-44/h1-4,9-11,16-19,21,27-28,33,46H,5-8,12-15,20,22H2,(H,41,47)(H,42,48). The third kappa shape index (κ3) is 8.00. The predicted octanol–water partition coefficient (Wildman–Crippen LogP) is 5.56. The minimum atomic E-state index is -0.659. The quantitative estimate of drug-likeness (QED) is 0.266. The lowest BCUT2D eigenvalue weighted by Crippen LogP contribution is -2.46. The van der Waals surface area contributed by atoms with Gasteiger partial charge in [0.1, 0.15) is 40.6 Å². The number of halogens is 2. The number of carbonyl (C=O) groups is 2. The summed E-state index contributed by atoms with van der Waals surface area (Å²) in [4.78, 5) is 38.9. The van der Waals surface area contributed by atoms with Crippen molar-refractivity contribution in [1.82, 2.24) is 25.4 Å². The molecule has 10 nitrogen and oxygen atoms in total. The van der Waals surface area contributed by atoms with Crippen LogP contribution in [-0.2, 0) is 11.3 Å². The summed E-state index contributed by atoms with van der Waals surface area (Å²) in [5.41, 5.74) is 2.81. The lowest BCUT2D eigenvalue weighted by Gasteiger charge is -2.30. The molecule has 1 saturated carbocycles. The molecule has 7 rings (SSSR count). The van der Waals surface area contributed by atoms with E-state index in [1.807, 2.05) is 36.0 Å². The summed E-state index contributed by atoms with van der Waals surface area (Å²) >= 11 is 1.94. The second-order valence-corrected chi connectivity index (χ2v) is 14.1. The number of phenolic OH excluding ortho intramolecular Hbond substituents is 1. The van der Waals surface area contributed by atoms with Gasteiger partial charge in [-0.25, -0.2) is 13.8 Å². The van der Waals surface area contributed by atoms with Gasteiger partial charge in [0.2, 0.25) is 11.8 Å². The minimum absolute atomic E-state index is 0.0159. The number of aromatic hydroxyl groups is 1. The number of fused-ring (bicyclic) bond motifs is 1. The maximum absolute atomic E-state index is 14.4. The molecule has 3 aromatic rings. The fraction of sp³-hybridized carbons (Fsp3) is 0.351. The molecule has 2 aromatic carbocycles. The molecule has 2 amide bonds. The fourth-order valence-corrected chi connectivity index (χ4v) is 7.72. The summed E-state index contributed by atoms with van der Waals surface area (Å²) in [6, 6.07) is 13.0. The molecule has 3 N–H and O–H groups in total. The number of nitrogens with one attached hydrogen (secondary N) is 2. The Bertz CT molecular complexity index is 1860. The van der Waals surface area contributed by atoms with Crippen molar-refractivity contribution < 1.29 is 28.2 Å². The number of hydrogen-bond donors (Lipinski definition) is 3. The number of phenols is 1. The molecule has 1 aromatic heterocycles. The molecule has 13 heteroatoms. The van der Waals surface area contributed by atoms with E-state index >= 15 is 0 Å². The van der Waals surface area contributed by atoms with Gasteiger partial charge < -0.3 is 25.4 Å². The highest BCUT2D eigenvalue weighted by atomic mass is 32.2. The fourth-order valence-electron chi connectivity index (χ4n) is 6.74. The first-order chi connectivity index (χ1) is 24.3. The highest BCUT2D eigenvalue weighted by Crippen LogP contribution is 2.33. The number of pyridine rings is 1. The average molecular weight is 701 g/mol. The van der Waals surface area contributed by atoms with Crippen molar-refractivity contribution in [2.45, 2.75) is 50.4 Å². The number of thioether (sulfide) groups is 1. The Morgan fingerprint density at radius 2 is 1.76 bits per heavy atom. The van der Waals surface area contributed by atoms with Crippen molar-refractivity contribution >= 4 is 29.4 Å². The predicted molar refractivity (Wildman–Crippen MR) is 188 cm³/mol. The van der Waals surface area contributed by atoms with Gasteiger partial charge in [0.15, 0.2) is 0 Å². The van der Waals surface area contributed by atoms with Crippen molar-refractivity contribution in [2.24, 2.45) is 4.99 Å². The number of amidine groups is 1. The molecule has 1 saturated heterocycles. The second kappa shape index (κ2) is 15.0. The van der Waals surface area contributed by atoms with E-state index < -0.39 is 17.8 Å². The maximum Gasteiger partial charge on any atom is 0.257 e. The van der Waals surface area contributed by atoms with E-state index in [0.717, 1.165) is 53.5 Å². The summed E-state index contributed by atoms with van der Waals surface area (Å²) in [6.45, 7) is 2.97. The van der Waals surface area contributed by atoms with Crippen LogP contribution in [-0.4, -0.2) is 86.8 Å². The van der Waals surface area contributed by atoms with Crippen LogP contribution in [0, 0.1) is 5.82 Å². The van der Waals surface area contributed by atoms with Crippen LogP contribution in [0.1, 0.15) is 41.6 Å². The Morgan fingerprint density at radius 3 is 2.56 bits per heavy atom. The number of ether oxygens (including phenoxy) is 1. The van der Waals surface area contributed by atoms with E-state index in [9.17, 15) is 23.5 Å². The van der Waals surface area contributed by atoms with Crippen molar-refractivity contribution in [3.05, 3.63) is 95.9 Å². The smallest absolute Gasteiger partial charge is 0.257 e. The van der Waals surface area contributed by atoms with Gasteiger partial charge >= 0.3 is 0 Å². The maximum atomic E-state index is 14.4. The third-order valence-corrected chi connectivity index (χ3v) is 10.3. The number of aromatic nitrogens is 1. The van der Waals surface area contributed by atoms with Crippen LogP contribution < -0.4 is 15.4 Å². The molecule has 4 heterocycles. The molecule has 0 bridgehead atoms. The zero-order valence-electron chi connectivity index (χ0n) is 27.4. The van der Waals surface area contributed by atoms with E-state index in [2.05, 4.69) is 25.5 Å². The Hall–Kier alpha value is -4.75. The van der Waals surface area contributed by atoms with Gasteiger partial charge in [-0.2, -0.15) is 11.8 Å². The lowest BCUT2D eigenvalue weighted by atomic mass is 9.90. The zero-order chi connectivity index (χ0) is 34.6. The van der Waals surface area contributed by atoms with Crippen LogP contribution in [0.4, 0.5) is 8.78 Å². The Labute approximate surface area is 293 Å². The summed E-state index contributed by atoms with van der Waals surface area (Å²) < 4.78 is 34.1. The molecule has 2 fully saturated rings. The summed E-state index contributed by atoms with van der Waals surface area (Å²) in [5, 5.41) is 16.3. The first-order valence-electron chi connectivity index (χ1n) is 16.8. The van der Waals surface area contributed by atoms with Crippen molar-refractivity contribution in [2.75, 3.05) is 31.1 Å². The van der Waals surface area contributed by atoms with Crippen molar-refractivity contribution in [3.63, 3.8) is 0 Å². The molecule has 260 valence electrons. The lowest BCUT2D eigenvalue weighted by molar-refractivity contribution is -0.123. The van der Waals surface area contributed by atoms with Crippen LogP contribution in [0.3, 0.4) is 0 Å². The molecule has 1 atom stereocenters. The molecule has 0 radical (unpaired) electrons. The van der Waals surface area contributed by atoms with Crippen LogP contribution in [0.25, 0.3) is 11.1 Å². The number of aliphatic imine (C=N–C) groups is 1. The number of amides is 2. The van der Waals surface area contributed by atoms with Gasteiger partial charge in [-0.1, -0.05) is 18.2 Å². The van der Waals surface area contributed by atoms with Crippen LogP contribution >= 0.6 is 11.8 Å². The number of nitrogens with zero attached hydrogens (tertiary/aromatic N) is 4. The molecule has 0 spiro atoms. The highest BCUT2D eigenvalue weighted by molar-refractivity contribution is 7.99. The number of benzene rings is 2. The van der Waals surface area contributed by atoms with Crippen molar-refractivity contribution in [3.8, 4) is 28.5 Å². The number of rotatable bonds is 9. The molecule has 3 aliphatic heterocycles. The molecule has 50 heavy (non-hydrogen) atoms. The molecule has 4 aliphatic rings. The van der Waals surface area contributed by atoms with E-state index in [4.69, 9.17) is 4.74 Å². The molecule has 1 aliphatic carbocycles. The van der Waals surface area contributed by atoms with E-state index in [1.165, 1.54) is 12.3 Å². The monoisotopic (exact) mass is 700 g/mol. The van der Waals surface area contributed by atoms with Gasteiger partial charge in [0.05, 0.1) is 12.7 Å². The molecular weight excluding hydrogens is 663 g/mol. The van der Waals surface area contributed by atoms with Gasteiger partial charge in [-0.05, 0) is 84.9 Å². The average Bonchev–Trinajstić information content (AvgIpc) is 3.54. The second-order valence-electron chi connectivity index (χ2n) is 12.9. The van der Waals surface area contributed by atoms with Gasteiger partial charge in [0.25, 0.3) is 5.91 Å². The SMILES string of the molecule is O=C(NC1CCC(NC(=O)C2CN3C=C(F)C=CC3=N2)CC1)c1cc(F)cnc1Oc1cccc(-c2ccc(O)cc2CN2CCSCC2)c1. The van der Waals surface area contributed by atoms with Crippen LogP contribution in [0.15, 0.2) is 83.9 Å².